The molecule has 0 aromatic heterocycles. The molecule has 7 nitrogen and oxygen atoms in total. The highest BCUT2D eigenvalue weighted by atomic mass is 19.1. The summed E-state index contributed by atoms with van der Waals surface area (Å²) in [4.78, 5) is 26.4. The Kier molecular flexibility index (Phi) is 5.37. The Bertz CT molecular complexity index is 647. The second-order valence-corrected chi connectivity index (χ2v) is 6.28. The number of hydrogen-bond acceptors (Lipinski definition) is 5. The summed E-state index contributed by atoms with van der Waals surface area (Å²) in [5.41, 5.74) is 1.01. The van der Waals surface area contributed by atoms with Crippen LogP contribution in [-0.2, 0) is 9.53 Å². The van der Waals surface area contributed by atoms with Crippen LogP contribution in [0, 0.1) is 5.82 Å². The molecule has 1 unspecified atom stereocenters. The quantitative estimate of drug-likeness (QED) is 0.850. The van der Waals surface area contributed by atoms with Gasteiger partial charge in [-0.05, 0) is 31.2 Å². The second-order valence-electron chi connectivity index (χ2n) is 6.28. The average molecular weight is 350 g/mol. The molecule has 1 aromatic rings. The number of nitrogens with one attached hydrogen (secondary N) is 2. The van der Waals surface area contributed by atoms with Gasteiger partial charge >= 0.3 is 6.09 Å². The molecule has 0 bridgehead atoms. The van der Waals surface area contributed by atoms with E-state index in [-0.39, 0.29) is 24.8 Å². The number of hydrogen-bond donors (Lipinski definition) is 2. The number of carbonyl (C=O) groups is 2. The van der Waals surface area contributed by atoms with Crippen molar-refractivity contribution in [2.45, 2.75) is 19.4 Å². The van der Waals surface area contributed by atoms with E-state index in [0.717, 1.165) is 32.6 Å². The molecule has 2 amide bonds. The Labute approximate surface area is 146 Å². The van der Waals surface area contributed by atoms with E-state index >= 15 is 0 Å². The molecule has 1 atom stereocenters. The van der Waals surface area contributed by atoms with Gasteiger partial charge in [-0.2, -0.15) is 0 Å². The van der Waals surface area contributed by atoms with Crippen molar-refractivity contribution in [3.05, 3.63) is 24.0 Å². The van der Waals surface area contributed by atoms with Crippen LogP contribution in [0.1, 0.15) is 13.3 Å². The number of rotatable bonds is 4. The lowest BCUT2D eigenvalue weighted by Crippen LogP contribution is -2.33. The predicted molar refractivity (Wildman–Crippen MR) is 92.4 cm³/mol. The fourth-order valence-electron chi connectivity index (χ4n) is 3.10. The molecule has 2 saturated heterocycles. The highest BCUT2D eigenvalue weighted by Gasteiger charge is 2.32. The van der Waals surface area contributed by atoms with Crippen molar-refractivity contribution in [1.82, 2.24) is 10.6 Å². The Balaban J connectivity index is 1.69. The molecule has 2 N–H and O–H groups in total. The lowest BCUT2D eigenvalue weighted by molar-refractivity contribution is -0.119. The zero-order valence-corrected chi connectivity index (χ0v) is 14.3. The van der Waals surface area contributed by atoms with Crippen LogP contribution in [-0.4, -0.2) is 57.4 Å². The standard InChI is InChI=1S/C17H23FN4O3/c1-12(23)20-10-14-11-22(17(24)25-14)13-3-4-16(15(18)9-13)21-7-2-5-19-6-8-21/h3-4,9,14,19H,2,5-8,10-11H2,1H3,(H,20,23). The van der Waals surface area contributed by atoms with Crippen molar-refractivity contribution in [3.8, 4) is 0 Å². The van der Waals surface area contributed by atoms with Gasteiger partial charge in [-0.25, -0.2) is 9.18 Å². The summed E-state index contributed by atoms with van der Waals surface area (Å²) < 4.78 is 19.8. The molecule has 2 heterocycles. The molecule has 0 spiro atoms. The van der Waals surface area contributed by atoms with E-state index in [1.54, 1.807) is 12.1 Å². The average Bonchev–Trinajstić information content (AvgIpc) is 2.78. The number of halogens is 1. The van der Waals surface area contributed by atoms with Gasteiger partial charge < -0.3 is 20.3 Å². The molecular weight excluding hydrogens is 327 g/mol. The summed E-state index contributed by atoms with van der Waals surface area (Å²) in [6.07, 6.45) is 0.00193. The third kappa shape index (κ3) is 4.19. The third-order valence-electron chi connectivity index (χ3n) is 4.38. The number of carbonyl (C=O) groups excluding carboxylic acids is 2. The summed E-state index contributed by atoms with van der Waals surface area (Å²) in [5.74, 6) is -0.533. The smallest absolute Gasteiger partial charge is 0.414 e. The molecule has 3 rings (SSSR count). The Morgan fingerprint density at radius 3 is 3.00 bits per heavy atom. The molecule has 8 heteroatoms. The summed E-state index contributed by atoms with van der Waals surface area (Å²) in [7, 11) is 0. The zero-order chi connectivity index (χ0) is 17.8. The topological polar surface area (TPSA) is 73.9 Å². The molecule has 0 aliphatic carbocycles. The fraction of sp³-hybridized carbons (Fsp3) is 0.529. The van der Waals surface area contributed by atoms with E-state index in [4.69, 9.17) is 4.74 Å². The number of amides is 2. The maximum Gasteiger partial charge on any atom is 0.414 e. The van der Waals surface area contributed by atoms with Crippen molar-refractivity contribution in [2.24, 2.45) is 0 Å². The Morgan fingerprint density at radius 2 is 2.24 bits per heavy atom. The molecule has 0 saturated carbocycles. The second kappa shape index (κ2) is 7.69. The first-order valence-corrected chi connectivity index (χ1v) is 8.52. The van der Waals surface area contributed by atoms with Gasteiger partial charge in [0.25, 0.3) is 0 Å². The Morgan fingerprint density at radius 1 is 1.40 bits per heavy atom. The summed E-state index contributed by atoms with van der Waals surface area (Å²) in [5, 5.41) is 5.91. The minimum atomic E-state index is -0.526. The summed E-state index contributed by atoms with van der Waals surface area (Å²) in [6, 6.07) is 4.82. The van der Waals surface area contributed by atoms with Crippen molar-refractivity contribution in [1.29, 1.82) is 0 Å². The van der Waals surface area contributed by atoms with Crippen LogP contribution in [0.4, 0.5) is 20.6 Å². The minimum Gasteiger partial charge on any atom is -0.442 e. The number of ether oxygens (including phenoxy) is 1. The number of nitrogens with zero attached hydrogens (tertiary/aromatic N) is 2. The maximum absolute atomic E-state index is 14.6. The highest BCUT2D eigenvalue weighted by molar-refractivity contribution is 5.90. The first kappa shape index (κ1) is 17.5. The highest BCUT2D eigenvalue weighted by Crippen LogP contribution is 2.28. The van der Waals surface area contributed by atoms with Crippen molar-refractivity contribution >= 4 is 23.4 Å². The lowest BCUT2D eigenvalue weighted by atomic mass is 10.2. The van der Waals surface area contributed by atoms with Crippen LogP contribution < -0.4 is 20.4 Å². The van der Waals surface area contributed by atoms with E-state index in [1.807, 2.05) is 4.90 Å². The third-order valence-corrected chi connectivity index (χ3v) is 4.38. The van der Waals surface area contributed by atoms with Crippen LogP contribution in [0.25, 0.3) is 0 Å². The summed E-state index contributed by atoms with van der Waals surface area (Å²) >= 11 is 0. The van der Waals surface area contributed by atoms with Crippen LogP contribution in [0.3, 0.4) is 0 Å². The number of anilines is 2. The summed E-state index contributed by atoms with van der Waals surface area (Å²) in [6.45, 7) is 5.25. The molecule has 2 fully saturated rings. The van der Waals surface area contributed by atoms with E-state index in [2.05, 4.69) is 10.6 Å². The molecule has 0 radical (unpaired) electrons. The fourth-order valence-corrected chi connectivity index (χ4v) is 3.10. The molecule has 2 aliphatic heterocycles. The molecule has 136 valence electrons. The lowest BCUT2D eigenvalue weighted by Gasteiger charge is -2.24. The normalized spacial score (nSPS) is 21.0. The van der Waals surface area contributed by atoms with Gasteiger partial charge in [-0.3, -0.25) is 9.69 Å². The van der Waals surface area contributed by atoms with Crippen LogP contribution >= 0.6 is 0 Å². The van der Waals surface area contributed by atoms with Crippen LogP contribution in [0.5, 0.6) is 0 Å². The van der Waals surface area contributed by atoms with E-state index in [1.165, 1.54) is 17.9 Å². The molecule has 25 heavy (non-hydrogen) atoms. The molecule has 1 aromatic carbocycles. The maximum atomic E-state index is 14.6. The van der Waals surface area contributed by atoms with E-state index in [9.17, 15) is 14.0 Å². The van der Waals surface area contributed by atoms with Gasteiger partial charge in [-0.1, -0.05) is 0 Å². The number of cyclic esters (lactones) is 1. The number of benzene rings is 1. The predicted octanol–water partition coefficient (Wildman–Crippen LogP) is 1.09. The largest absolute Gasteiger partial charge is 0.442 e. The minimum absolute atomic E-state index is 0.183. The SMILES string of the molecule is CC(=O)NCC1CN(c2ccc(N3CCCNCC3)c(F)c2)C(=O)O1. The van der Waals surface area contributed by atoms with E-state index in [0.29, 0.717) is 11.4 Å². The van der Waals surface area contributed by atoms with Crippen LogP contribution in [0.2, 0.25) is 0 Å². The van der Waals surface area contributed by atoms with Gasteiger partial charge in [0.15, 0.2) is 0 Å². The van der Waals surface area contributed by atoms with Gasteiger partial charge in [-0.15, -0.1) is 0 Å². The van der Waals surface area contributed by atoms with Crippen LogP contribution in [0.15, 0.2) is 18.2 Å². The monoisotopic (exact) mass is 350 g/mol. The zero-order valence-electron chi connectivity index (χ0n) is 14.3. The van der Waals surface area contributed by atoms with E-state index < -0.39 is 12.2 Å². The molecule has 2 aliphatic rings. The first-order chi connectivity index (χ1) is 12.0. The molecular formula is C17H23FN4O3. The first-order valence-electron chi connectivity index (χ1n) is 8.52. The van der Waals surface area contributed by atoms with Gasteiger partial charge in [0.2, 0.25) is 5.91 Å². The van der Waals surface area contributed by atoms with Gasteiger partial charge in [0.05, 0.1) is 24.5 Å². The Hall–Kier alpha value is -2.35. The van der Waals surface area contributed by atoms with Crippen molar-refractivity contribution < 1.29 is 18.7 Å². The van der Waals surface area contributed by atoms with Gasteiger partial charge in [0.1, 0.15) is 11.9 Å². The van der Waals surface area contributed by atoms with Crippen molar-refractivity contribution in [2.75, 3.05) is 49.1 Å². The van der Waals surface area contributed by atoms with Crippen molar-refractivity contribution in [3.63, 3.8) is 0 Å². The van der Waals surface area contributed by atoms with Gasteiger partial charge in [0, 0.05) is 26.6 Å².